The number of hydrogen-bond donors (Lipinski definition) is 2. The number of rotatable bonds is 5. The van der Waals surface area contributed by atoms with E-state index in [4.69, 9.17) is 0 Å². The van der Waals surface area contributed by atoms with Crippen LogP contribution in [0.4, 0.5) is 17.6 Å². The predicted molar refractivity (Wildman–Crippen MR) is 122 cm³/mol. The van der Waals surface area contributed by atoms with Crippen LogP contribution in [0.3, 0.4) is 0 Å². The van der Waals surface area contributed by atoms with E-state index in [1.807, 2.05) is 0 Å². The Bertz CT molecular complexity index is 1390. The van der Waals surface area contributed by atoms with Crippen LogP contribution in [0.25, 0.3) is 26.7 Å². The number of alkyl halides is 3. The highest BCUT2D eigenvalue weighted by Crippen LogP contribution is 2.40. The maximum atomic E-state index is 14.8. The number of thiophene rings is 1. The van der Waals surface area contributed by atoms with E-state index in [1.54, 1.807) is 24.3 Å². The molecule has 4 aromatic rings. The standard InChI is InChI=1S/C23H18F4N2O3S2/c1-22(2,30)20-12-17(29(28-20)21-15(23(25,26)27)7-4-8-16(21)24)19-10-9-18(33-19)13-5-3-6-14(11-13)34(31)32/h3-12,30H,1-2H3,(H,31,32). The van der Waals surface area contributed by atoms with Crippen LogP contribution < -0.4 is 0 Å². The third-order valence-electron chi connectivity index (χ3n) is 5.02. The smallest absolute Gasteiger partial charge is 0.384 e. The van der Waals surface area contributed by atoms with Crippen LogP contribution in [0.1, 0.15) is 25.1 Å². The maximum Gasteiger partial charge on any atom is 0.418 e. The third-order valence-corrected chi connectivity index (χ3v) is 6.83. The van der Waals surface area contributed by atoms with Crippen molar-refractivity contribution in [3.63, 3.8) is 0 Å². The van der Waals surface area contributed by atoms with E-state index < -0.39 is 39.9 Å². The fourth-order valence-corrected chi connectivity index (χ4v) is 4.80. The van der Waals surface area contributed by atoms with Crippen molar-refractivity contribution in [1.82, 2.24) is 9.78 Å². The second-order valence-electron chi connectivity index (χ2n) is 7.96. The van der Waals surface area contributed by atoms with Gasteiger partial charge < -0.3 is 9.66 Å². The predicted octanol–water partition coefficient (Wildman–Crippen LogP) is 6.23. The van der Waals surface area contributed by atoms with Gasteiger partial charge in [0.15, 0.2) is 11.1 Å². The minimum absolute atomic E-state index is 0.0616. The molecule has 0 amide bonds. The summed E-state index contributed by atoms with van der Waals surface area (Å²) in [6.07, 6.45) is -4.84. The van der Waals surface area contributed by atoms with Crippen LogP contribution in [-0.4, -0.2) is 23.6 Å². The minimum Gasteiger partial charge on any atom is -0.384 e. The first-order valence-corrected chi connectivity index (χ1v) is 11.8. The van der Waals surface area contributed by atoms with Gasteiger partial charge in [0.1, 0.15) is 17.1 Å². The highest BCUT2D eigenvalue weighted by atomic mass is 32.2. The molecular weight excluding hydrogens is 492 g/mol. The van der Waals surface area contributed by atoms with Gasteiger partial charge in [-0.05, 0) is 61.9 Å². The molecule has 2 heterocycles. The molecule has 0 aliphatic heterocycles. The molecule has 0 aliphatic carbocycles. The molecule has 1 atom stereocenters. The van der Waals surface area contributed by atoms with E-state index in [0.717, 1.165) is 22.9 Å². The fraction of sp³-hybridized carbons (Fsp3) is 0.174. The van der Waals surface area contributed by atoms with Crippen LogP contribution in [0.15, 0.2) is 65.6 Å². The van der Waals surface area contributed by atoms with Crippen LogP contribution in [-0.2, 0) is 22.9 Å². The summed E-state index contributed by atoms with van der Waals surface area (Å²) in [5.41, 5.74) is -2.62. The van der Waals surface area contributed by atoms with Crippen molar-refractivity contribution in [3.8, 4) is 26.7 Å². The molecule has 0 fully saturated rings. The summed E-state index contributed by atoms with van der Waals surface area (Å²) in [5.74, 6) is -1.11. The average molecular weight is 511 g/mol. The second-order valence-corrected chi connectivity index (χ2v) is 10.0. The lowest BCUT2D eigenvalue weighted by atomic mass is 10.1. The molecule has 0 aliphatic rings. The van der Waals surface area contributed by atoms with Crippen LogP contribution in [0, 0.1) is 5.82 Å². The summed E-state index contributed by atoms with van der Waals surface area (Å²) in [4.78, 5) is 1.33. The van der Waals surface area contributed by atoms with Crippen molar-refractivity contribution in [2.45, 2.75) is 30.5 Å². The van der Waals surface area contributed by atoms with Gasteiger partial charge in [-0.2, -0.15) is 18.3 Å². The Morgan fingerprint density at radius 3 is 2.32 bits per heavy atom. The first kappa shape index (κ1) is 24.3. The lowest BCUT2D eigenvalue weighted by Gasteiger charge is -2.16. The quantitative estimate of drug-likeness (QED) is 0.246. The van der Waals surface area contributed by atoms with Crippen LogP contribution in [0.2, 0.25) is 0 Å². The molecule has 0 bridgehead atoms. The van der Waals surface area contributed by atoms with Gasteiger partial charge in [0.25, 0.3) is 0 Å². The van der Waals surface area contributed by atoms with E-state index in [-0.39, 0.29) is 16.3 Å². The summed E-state index contributed by atoms with van der Waals surface area (Å²) in [6, 6.07) is 13.8. The highest BCUT2D eigenvalue weighted by molar-refractivity contribution is 7.79. The number of hydrogen-bond acceptors (Lipinski definition) is 4. The summed E-state index contributed by atoms with van der Waals surface area (Å²) in [5, 5.41) is 14.6. The molecule has 4 rings (SSSR count). The lowest BCUT2D eigenvalue weighted by Crippen LogP contribution is -2.18. The second kappa shape index (κ2) is 8.73. The Morgan fingerprint density at radius 2 is 1.68 bits per heavy atom. The molecule has 0 saturated heterocycles. The third kappa shape index (κ3) is 4.69. The largest absolute Gasteiger partial charge is 0.418 e. The molecule has 0 radical (unpaired) electrons. The molecule has 2 aromatic heterocycles. The topological polar surface area (TPSA) is 75.3 Å². The van der Waals surface area contributed by atoms with Gasteiger partial charge >= 0.3 is 6.18 Å². The summed E-state index contributed by atoms with van der Waals surface area (Å²) >= 11 is -0.992. The normalized spacial score (nSPS) is 13.3. The number of nitrogens with zero attached hydrogens (tertiary/aromatic N) is 2. The Kier molecular flexibility index (Phi) is 6.23. The van der Waals surface area contributed by atoms with E-state index >= 15 is 0 Å². The summed E-state index contributed by atoms with van der Waals surface area (Å²) in [7, 11) is 0. The molecule has 178 valence electrons. The van der Waals surface area contributed by atoms with Gasteiger partial charge in [-0.3, -0.25) is 0 Å². The number of aliphatic hydroxyl groups is 1. The van der Waals surface area contributed by atoms with Crippen LogP contribution >= 0.6 is 11.3 Å². The average Bonchev–Trinajstić information content (AvgIpc) is 3.40. The molecule has 0 saturated carbocycles. The van der Waals surface area contributed by atoms with Crippen molar-refractivity contribution in [2.24, 2.45) is 0 Å². The Balaban J connectivity index is 1.92. The zero-order valence-corrected chi connectivity index (χ0v) is 19.4. The highest BCUT2D eigenvalue weighted by Gasteiger charge is 2.37. The summed E-state index contributed by atoms with van der Waals surface area (Å²) in [6.45, 7) is 2.85. The van der Waals surface area contributed by atoms with Crippen molar-refractivity contribution >= 4 is 22.4 Å². The van der Waals surface area contributed by atoms with Crippen LogP contribution in [0.5, 0.6) is 0 Å². The van der Waals surface area contributed by atoms with Gasteiger partial charge in [0.05, 0.1) is 26.7 Å². The number of para-hydroxylation sites is 1. The first-order chi connectivity index (χ1) is 15.9. The Hall–Kier alpha value is -2.86. The molecule has 34 heavy (non-hydrogen) atoms. The maximum absolute atomic E-state index is 14.8. The zero-order chi connectivity index (χ0) is 24.8. The van der Waals surface area contributed by atoms with Gasteiger partial charge in [0.2, 0.25) is 0 Å². The van der Waals surface area contributed by atoms with Gasteiger partial charge in [-0.1, -0.05) is 18.2 Å². The zero-order valence-electron chi connectivity index (χ0n) is 17.8. The SMILES string of the molecule is CC(C)(O)c1cc(-c2ccc(-c3cccc(S(=O)O)c3)s2)n(-c2c(F)cccc2C(F)(F)F)n1. The Morgan fingerprint density at radius 1 is 1.00 bits per heavy atom. The molecule has 0 spiro atoms. The van der Waals surface area contributed by atoms with Crippen molar-refractivity contribution in [1.29, 1.82) is 0 Å². The molecular formula is C23H18F4N2O3S2. The van der Waals surface area contributed by atoms with Gasteiger partial charge in [-0.25, -0.2) is 13.3 Å². The minimum atomic E-state index is -4.84. The molecule has 2 aromatic carbocycles. The lowest BCUT2D eigenvalue weighted by molar-refractivity contribution is -0.137. The van der Waals surface area contributed by atoms with Crippen molar-refractivity contribution in [2.75, 3.05) is 0 Å². The fourth-order valence-electron chi connectivity index (χ4n) is 3.37. The van der Waals surface area contributed by atoms with Gasteiger partial charge in [0, 0.05) is 4.88 Å². The van der Waals surface area contributed by atoms with Gasteiger partial charge in [-0.15, -0.1) is 11.3 Å². The van der Waals surface area contributed by atoms with Crippen molar-refractivity contribution < 1.29 is 31.4 Å². The van der Waals surface area contributed by atoms with E-state index in [0.29, 0.717) is 15.3 Å². The van der Waals surface area contributed by atoms with E-state index in [2.05, 4.69) is 5.10 Å². The first-order valence-electron chi connectivity index (χ1n) is 9.87. The van der Waals surface area contributed by atoms with E-state index in [1.165, 1.54) is 43.4 Å². The molecule has 5 nitrogen and oxygen atoms in total. The molecule has 11 heteroatoms. The number of halogens is 4. The monoisotopic (exact) mass is 510 g/mol. The number of benzene rings is 2. The molecule has 1 unspecified atom stereocenters. The summed E-state index contributed by atoms with van der Waals surface area (Å²) < 4.78 is 77.6. The van der Waals surface area contributed by atoms with Crippen molar-refractivity contribution in [3.05, 3.63) is 77.7 Å². The Labute approximate surface area is 198 Å². The number of aromatic nitrogens is 2. The van der Waals surface area contributed by atoms with E-state index in [9.17, 15) is 31.4 Å². The molecule has 2 N–H and O–H groups in total.